The molecule has 18 heavy (non-hydrogen) atoms. The summed E-state index contributed by atoms with van der Waals surface area (Å²) in [7, 11) is 0. The molecule has 0 saturated heterocycles. The fraction of sp³-hybridized carbons (Fsp3) is 0.100. The zero-order chi connectivity index (χ0) is 12.4. The fourth-order valence-electron chi connectivity index (χ4n) is 1.60. The molecule has 2 aromatic heterocycles. The third kappa shape index (κ3) is 1.90. The number of aromatic nitrogens is 6. The summed E-state index contributed by atoms with van der Waals surface area (Å²) in [6.45, 7) is 0.232. The number of fused-ring (bicyclic) bond motifs is 1. The number of H-pyrrole nitrogens is 2. The minimum atomic E-state index is -0.198. The van der Waals surface area contributed by atoms with E-state index in [0.717, 1.165) is 11.0 Å². The average molecular weight is 243 g/mol. The maximum absolute atomic E-state index is 11.9. The molecular formula is C10H9N7O. The molecule has 0 fully saturated rings. The van der Waals surface area contributed by atoms with Gasteiger partial charge in [-0.3, -0.25) is 4.79 Å². The van der Waals surface area contributed by atoms with E-state index < -0.39 is 0 Å². The number of imidazole rings is 1. The molecule has 3 aromatic rings. The number of nitrogens with one attached hydrogen (secondary N) is 3. The number of benzene rings is 1. The van der Waals surface area contributed by atoms with Crippen molar-refractivity contribution in [3.05, 3.63) is 35.9 Å². The first-order valence-electron chi connectivity index (χ1n) is 5.26. The highest BCUT2D eigenvalue weighted by molar-refractivity contribution is 5.97. The smallest absolute Gasteiger partial charge is 0.251 e. The van der Waals surface area contributed by atoms with E-state index in [4.69, 9.17) is 0 Å². The molecule has 0 spiro atoms. The Morgan fingerprint density at radius 2 is 2.33 bits per heavy atom. The van der Waals surface area contributed by atoms with Crippen molar-refractivity contribution in [1.29, 1.82) is 0 Å². The van der Waals surface area contributed by atoms with Gasteiger partial charge in [-0.2, -0.15) is 5.21 Å². The standard InChI is InChI=1S/C10H9N7O/c18-10(11-4-9-14-16-17-15-9)6-1-2-7-8(3-6)13-5-12-7/h1-3,5H,4H2,(H,11,18)(H,12,13)(H,14,15,16,17). The maximum Gasteiger partial charge on any atom is 0.251 e. The Kier molecular flexibility index (Phi) is 2.45. The SMILES string of the molecule is O=C(NCc1nn[nH]n1)c1ccc2nc[nH]c2c1. The van der Waals surface area contributed by atoms with Gasteiger partial charge < -0.3 is 10.3 Å². The van der Waals surface area contributed by atoms with E-state index in [1.807, 2.05) is 0 Å². The minimum absolute atomic E-state index is 0.198. The van der Waals surface area contributed by atoms with Gasteiger partial charge in [0.1, 0.15) is 0 Å². The summed E-state index contributed by atoms with van der Waals surface area (Å²) in [5, 5.41) is 15.9. The van der Waals surface area contributed by atoms with Crippen LogP contribution in [0.4, 0.5) is 0 Å². The minimum Gasteiger partial charge on any atom is -0.345 e. The van der Waals surface area contributed by atoms with E-state index in [2.05, 4.69) is 35.9 Å². The largest absolute Gasteiger partial charge is 0.345 e. The van der Waals surface area contributed by atoms with Gasteiger partial charge in [-0.25, -0.2) is 4.98 Å². The van der Waals surface area contributed by atoms with Crippen molar-refractivity contribution in [3.8, 4) is 0 Å². The van der Waals surface area contributed by atoms with Crippen LogP contribution in [0.25, 0.3) is 11.0 Å². The lowest BCUT2D eigenvalue weighted by Gasteiger charge is -2.02. The lowest BCUT2D eigenvalue weighted by Crippen LogP contribution is -2.23. The zero-order valence-electron chi connectivity index (χ0n) is 9.21. The van der Waals surface area contributed by atoms with Crippen molar-refractivity contribution in [1.82, 2.24) is 35.9 Å². The number of nitrogens with zero attached hydrogens (tertiary/aromatic N) is 4. The molecule has 0 bridgehead atoms. The fourth-order valence-corrected chi connectivity index (χ4v) is 1.60. The second-order valence-corrected chi connectivity index (χ2v) is 3.65. The molecule has 1 aromatic carbocycles. The Hall–Kier alpha value is -2.77. The Balaban J connectivity index is 1.75. The van der Waals surface area contributed by atoms with E-state index in [1.54, 1.807) is 24.5 Å². The highest BCUT2D eigenvalue weighted by Crippen LogP contribution is 2.11. The molecule has 3 N–H and O–H groups in total. The van der Waals surface area contributed by atoms with Crippen LogP contribution in [-0.2, 0) is 6.54 Å². The van der Waals surface area contributed by atoms with Crippen molar-refractivity contribution < 1.29 is 4.79 Å². The van der Waals surface area contributed by atoms with Gasteiger partial charge in [0.25, 0.3) is 5.91 Å². The first kappa shape index (κ1) is 10.4. The Morgan fingerprint density at radius 3 is 3.17 bits per heavy atom. The predicted molar refractivity (Wildman–Crippen MR) is 61.4 cm³/mol. The molecule has 0 radical (unpaired) electrons. The van der Waals surface area contributed by atoms with Gasteiger partial charge in [0.15, 0.2) is 5.82 Å². The van der Waals surface area contributed by atoms with Crippen LogP contribution in [0.15, 0.2) is 24.5 Å². The number of amides is 1. The van der Waals surface area contributed by atoms with Gasteiger partial charge in [0.2, 0.25) is 0 Å². The number of hydrogen-bond donors (Lipinski definition) is 3. The van der Waals surface area contributed by atoms with Crippen LogP contribution < -0.4 is 5.32 Å². The Labute approximate surface area is 101 Å². The van der Waals surface area contributed by atoms with Crippen molar-refractivity contribution in [2.24, 2.45) is 0 Å². The second kappa shape index (κ2) is 4.24. The summed E-state index contributed by atoms with van der Waals surface area (Å²) in [5.74, 6) is 0.238. The summed E-state index contributed by atoms with van der Waals surface area (Å²) in [6.07, 6.45) is 1.59. The van der Waals surface area contributed by atoms with Crippen molar-refractivity contribution >= 4 is 16.9 Å². The predicted octanol–water partition coefficient (Wildman–Crippen LogP) is 0.00600. The van der Waals surface area contributed by atoms with Gasteiger partial charge in [-0.1, -0.05) is 5.21 Å². The topological polar surface area (TPSA) is 112 Å². The third-order valence-corrected chi connectivity index (χ3v) is 2.48. The van der Waals surface area contributed by atoms with E-state index >= 15 is 0 Å². The second-order valence-electron chi connectivity index (χ2n) is 3.65. The molecule has 0 aliphatic heterocycles. The number of hydrogen-bond acceptors (Lipinski definition) is 5. The molecule has 8 heteroatoms. The Bertz CT molecular complexity index is 672. The van der Waals surface area contributed by atoms with Gasteiger partial charge in [0, 0.05) is 5.56 Å². The van der Waals surface area contributed by atoms with E-state index in [9.17, 15) is 4.79 Å². The lowest BCUT2D eigenvalue weighted by molar-refractivity contribution is 0.0950. The van der Waals surface area contributed by atoms with Crippen LogP contribution in [-0.4, -0.2) is 36.5 Å². The summed E-state index contributed by atoms with van der Waals surface area (Å²) in [5.41, 5.74) is 2.20. The van der Waals surface area contributed by atoms with Gasteiger partial charge in [-0.05, 0) is 18.2 Å². The Morgan fingerprint density at radius 1 is 1.39 bits per heavy atom. The van der Waals surface area contributed by atoms with Gasteiger partial charge in [0.05, 0.1) is 23.9 Å². The first-order chi connectivity index (χ1) is 8.83. The monoisotopic (exact) mass is 243 g/mol. The van der Waals surface area contributed by atoms with Crippen LogP contribution >= 0.6 is 0 Å². The van der Waals surface area contributed by atoms with Crippen molar-refractivity contribution in [2.45, 2.75) is 6.54 Å². The highest BCUT2D eigenvalue weighted by Gasteiger charge is 2.08. The third-order valence-electron chi connectivity index (χ3n) is 2.48. The number of rotatable bonds is 3. The molecule has 1 amide bonds. The van der Waals surface area contributed by atoms with Gasteiger partial charge in [-0.15, -0.1) is 10.2 Å². The van der Waals surface area contributed by atoms with Crippen LogP contribution in [0.1, 0.15) is 16.2 Å². The number of carbonyl (C=O) groups is 1. The summed E-state index contributed by atoms with van der Waals surface area (Å²) >= 11 is 0. The molecule has 0 aliphatic rings. The molecule has 0 aliphatic carbocycles. The van der Waals surface area contributed by atoms with Crippen molar-refractivity contribution in [2.75, 3.05) is 0 Å². The number of tetrazole rings is 1. The molecular weight excluding hydrogens is 234 g/mol. The number of carbonyl (C=O) groups excluding carboxylic acids is 1. The molecule has 3 rings (SSSR count). The van der Waals surface area contributed by atoms with Crippen LogP contribution in [0.2, 0.25) is 0 Å². The average Bonchev–Trinajstić information content (AvgIpc) is 3.05. The molecule has 8 nitrogen and oxygen atoms in total. The van der Waals surface area contributed by atoms with E-state index in [0.29, 0.717) is 11.4 Å². The number of aromatic amines is 2. The van der Waals surface area contributed by atoms with Gasteiger partial charge >= 0.3 is 0 Å². The van der Waals surface area contributed by atoms with E-state index in [-0.39, 0.29) is 12.5 Å². The van der Waals surface area contributed by atoms with Crippen molar-refractivity contribution in [3.63, 3.8) is 0 Å². The van der Waals surface area contributed by atoms with Crippen LogP contribution in [0.3, 0.4) is 0 Å². The quantitative estimate of drug-likeness (QED) is 0.599. The zero-order valence-corrected chi connectivity index (χ0v) is 9.21. The summed E-state index contributed by atoms with van der Waals surface area (Å²) in [6, 6.07) is 5.25. The van der Waals surface area contributed by atoms with Crippen LogP contribution in [0, 0.1) is 0 Å². The summed E-state index contributed by atoms with van der Waals surface area (Å²) in [4.78, 5) is 18.9. The molecule has 0 atom stereocenters. The highest BCUT2D eigenvalue weighted by atomic mass is 16.1. The lowest BCUT2D eigenvalue weighted by atomic mass is 10.2. The normalized spacial score (nSPS) is 10.7. The molecule has 90 valence electrons. The first-order valence-corrected chi connectivity index (χ1v) is 5.26. The summed E-state index contributed by atoms with van der Waals surface area (Å²) < 4.78 is 0. The molecule has 0 unspecified atom stereocenters. The molecule has 0 saturated carbocycles. The molecule has 2 heterocycles. The van der Waals surface area contributed by atoms with E-state index in [1.165, 1.54) is 0 Å². The van der Waals surface area contributed by atoms with Crippen LogP contribution in [0.5, 0.6) is 0 Å². The maximum atomic E-state index is 11.9.